The molecule has 4 heterocycles. The Balaban J connectivity index is 1.30. The maximum absolute atomic E-state index is 9.88. The average Bonchev–Trinajstić information content (AvgIpc) is 3.37. The molecule has 194 valence electrons. The second-order valence-corrected chi connectivity index (χ2v) is 9.20. The van der Waals surface area contributed by atoms with Crippen molar-refractivity contribution in [1.82, 2.24) is 19.4 Å². The minimum Gasteiger partial charge on any atom is -0.495 e. The molecule has 0 unspecified atom stereocenters. The zero-order valence-corrected chi connectivity index (χ0v) is 21.4. The molecular formula is C26H30ClN7O3. The van der Waals surface area contributed by atoms with E-state index in [2.05, 4.69) is 37.2 Å². The van der Waals surface area contributed by atoms with E-state index in [-0.39, 0.29) is 13.2 Å². The van der Waals surface area contributed by atoms with Gasteiger partial charge in [-0.05, 0) is 36.2 Å². The number of nitrogens with one attached hydrogen (secondary N) is 1. The summed E-state index contributed by atoms with van der Waals surface area (Å²) in [6, 6.07) is 9.64. The molecule has 5 rings (SSSR count). The highest BCUT2D eigenvalue weighted by Gasteiger charge is 2.20. The first-order valence-electron chi connectivity index (χ1n) is 12.2. The van der Waals surface area contributed by atoms with Crippen LogP contribution in [0.25, 0.3) is 16.9 Å². The average molecular weight is 524 g/mol. The molecule has 10 nitrogen and oxygen atoms in total. The first-order valence-corrected chi connectivity index (χ1v) is 12.6. The number of piperazine rings is 1. The van der Waals surface area contributed by atoms with Crippen LogP contribution in [0.1, 0.15) is 12.0 Å². The fourth-order valence-electron chi connectivity index (χ4n) is 4.50. The molecule has 37 heavy (non-hydrogen) atoms. The molecule has 1 saturated heterocycles. The van der Waals surface area contributed by atoms with Crippen LogP contribution in [0, 0.1) is 0 Å². The van der Waals surface area contributed by atoms with Crippen LogP contribution in [0.4, 0.5) is 17.5 Å². The molecule has 3 N–H and O–H groups in total. The Hall–Kier alpha value is -3.60. The van der Waals surface area contributed by atoms with Crippen molar-refractivity contribution in [2.24, 2.45) is 0 Å². The Bertz CT molecular complexity index is 1370. The van der Waals surface area contributed by atoms with Gasteiger partial charge in [0.25, 0.3) is 0 Å². The van der Waals surface area contributed by atoms with Crippen LogP contribution < -0.4 is 19.9 Å². The van der Waals surface area contributed by atoms with E-state index in [0.29, 0.717) is 35.2 Å². The number of pyridine rings is 1. The Morgan fingerprint density at radius 3 is 2.62 bits per heavy atom. The number of halogens is 1. The summed E-state index contributed by atoms with van der Waals surface area (Å²) >= 11 is 6.35. The van der Waals surface area contributed by atoms with Gasteiger partial charge in [-0.3, -0.25) is 0 Å². The van der Waals surface area contributed by atoms with Crippen molar-refractivity contribution in [2.45, 2.75) is 13.0 Å². The minimum absolute atomic E-state index is 0.139. The molecule has 3 aromatic heterocycles. The Morgan fingerprint density at radius 2 is 1.86 bits per heavy atom. The van der Waals surface area contributed by atoms with Gasteiger partial charge in [-0.2, -0.15) is 4.98 Å². The van der Waals surface area contributed by atoms with E-state index in [1.54, 1.807) is 25.4 Å². The molecule has 0 radical (unpaired) electrons. The molecule has 1 aromatic carbocycles. The van der Waals surface area contributed by atoms with E-state index in [9.17, 15) is 5.11 Å². The Morgan fingerprint density at radius 1 is 1.05 bits per heavy atom. The van der Waals surface area contributed by atoms with Crippen LogP contribution in [0.5, 0.6) is 5.75 Å². The molecule has 0 spiro atoms. The number of hydrogen-bond donors (Lipinski definition) is 3. The van der Waals surface area contributed by atoms with Gasteiger partial charge in [-0.1, -0.05) is 11.6 Å². The smallest absolute Gasteiger partial charge is 0.224 e. The van der Waals surface area contributed by atoms with E-state index < -0.39 is 0 Å². The summed E-state index contributed by atoms with van der Waals surface area (Å²) in [6.07, 6.45) is 6.37. The lowest BCUT2D eigenvalue weighted by molar-refractivity contribution is 0.281. The maximum atomic E-state index is 9.88. The van der Waals surface area contributed by atoms with E-state index in [1.807, 2.05) is 22.9 Å². The fraction of sp³-hybridized carbons (Fsp3) is 0.346. The summed E-state index contributed by atoms with van der Waals surface area (Å²) in [7, 11) is 1.55. The summed E-state index contributed by atoms with van der Waals surface area (Å²) in [6.45, 7) is 4.01. The van der Waals surface area contributed by atoms with Gasteiger partial charge in [0.1, 0.15) is 17.2 Å². The van der Waals surface area contributed by atoms with Gasteiger partial charge in [0.2, 0.25) is 5.95 Å². The molecule has 0 amide bonds. The number of ether oxygens (including phenoxy) is 1. The lowest BCUT2D eigenvalue weighted by atomic mass is 10.1. The highest BCUT2D eigenvalue weighted by molar-refractivity contribution is 6.32. The topological polar surface area (TPSA) is 111 Å². The van der Waals surface area contributed by atoms with Crippen molar-refractivity contribution in [1.29, 1.82) is 0 Å². The molecule has 4 aromatic rings. The highest BCUT2D eigenvalue weighted by atomic mass is 35.5. The van der Waals surface area contributed by atoms with Gasteiger partial charge in [0.05, 0.1) is 24.4 Å². The maximum Gasteiger partial charge on any atom is 0.224 e. The summed E-state index contributed by atoms with van der Waals surface area (Å²) < 4.78 is 7.26. The minimum atomic E-state index is -0.140. The molecule has 1 fully saturated rings. The normalized spacial score (nSPS) is 13.8. The SMILES string of the molecule is COc1cc(CO)c(-c2cn3ccc(N4CCN(c5ccnc(NCCCO)n5)CC4)cc3n2)cc1Cl. The lowest BCUT2D eigenvalue weighted by Gasteiger charge is -2.36. The molecule has 0 atom stereocenters. The molecule has 1 aliphatic heterocycles. The summed E-state index contributed by atoms with van der Waals surface area (Å²) in [5.74, 6) is 2.00. The van der Waals surface area contributed by atoms with E-state index in [4.69, 9.17) is 26.4 Å². The number of anilines is 3. The standard InChI is InChI=1S/C26H30ClN7O3/c1-37-23-13-18(17-36)20(15-21(23)27)22-16-34-7-4-19(14-25(34)30-22)32-8-10-33(11-9-32)24-3-6-29-26(31-24)28-5-2-12-35/h3-4,6-7,13-16,35-36H,2,5,8-12,17H2,1H3,(H,28,29,31). The predicted octanol–water partition coefficient (Wildman–Crippen LogP) is 3.07. The molecule has 1 aliphatic rings. The third-order valence-corrected chi connectivity index (χ3v) is 6.79. The molecule has 0 saturated carbocycles. The zero-order valence-electron chi connectivity index (χ0n) is 20.6. The monoisotopic (exact) mass is 523 g/mol. The number of fused-ring (bicyclic) bond motifs is 1. The summed E-state index contributed by atoms with van der Waals surface area (Å²) in [5.41, 5.74) is 4.15. The van der Waals surface area contributed by atoms with Gasteiger partial charge in [-0.15, -0.1) is 0 Å². The van der Waals surface area contributed by atoms with Gasteiger partial charge in [0, 0.05) is 75.2 Å². The number of rotatable bonds is 9. The number of benzene rings is 1. The quantitative estimate of drug-likeness (QED) is 0.285. The van der Waals surface area contributed by atoms with Gasteiger partial charge < -0.3 is 34.5 Å². The van der Waals surface area contributed by atoms with E-state index in [0.717, 1.165) is 54.6 Å². The molecule has 11 heteroatoms. The van der Waals surface area contributed by atoms with Crippen LogP contribution in [0.3, 0.4) is 0 Å². The Labute approximate surface area is 220 Å². The van der Waals surface area contributed by atoms with Gasteiger partial charge in [-0.25, -0.2) is 9.97 Å². The summed E-state index contributed by atoms with van der Waals surface area (Å²) in [4.78, 5) is 18.3. The van der Waals surface area contributed by atoms with Crippen molar-refractivity contribution in [3.05, 3.63) is 59.5 Å². The lowest BCUT2D eigenvalue weighted by Crippen LogP contribution is -2.46. The summed E-state index contributed by atoms with van der Waals surface area (Å²) in [5, 5.41) is 22.5. The van der Waals surface area contributed by atoms with Gasteiger partial charge in [0.15, 0.2) is 0 Å². The molecular weight excluding hydrogens is 494 g/mol. The molecule has 0 aliphatic carbocycles. The number of aliphatic hydroxyl groups is 2. The highest BCUT2D eigenvalue weighted by Crippen LogP contribution is 2.34. The largest absolute Gasteiger partial charge is 0.495 e. The van der Waals surface area contributed by atoms with Crippen LogP contribution in [-0.2, 0) is 6.61 Å². The van der Waals surface area contributed by atoms with Crippen LogP contribution in [-0.4, -0.2) is 76.0 Å². The Kier molecular flexibility index (Phi) is 7.59. The third-order valence-electron chi connectivity index (χ3n) is 6.50. The van der Waals surface area contributed by atoms with Crippen LogP contribution >= 0.6 is 11.6 Å². The molecule has 0 bridgehead atoms. The second-order valence-electron chi connectivity index (χ2n) is 8.80. The number of imidazole rings is 1. The van der Waals surface area contributed by atoms with Crippen LogP contribution in [0.2, 0.25) is 5.02 Å². The van der Waals surface area contributed by atoms with Gasteiger partial charge >= 0.3 is 0 Å². The third kappa shape index (κ3) is 5.41. The predicted molar refractivity (Wildman–Crippen MR) is 145 cm³/mol. The van der Waals surface area contributed by atoms with Crippen molar-refractivity contribution in [3.63, 3.8) is 0 Å². The number of nitrogens with zero attached hydrogens (tertiary/aromatic N) is 6. The number of aromatic nitrogens is 4. The van der Waals surface area contributed by atoms with Crippen molar-refractivity contribution < 1.29 is 14.9 Å². The first kappa shape index (κ1) is 25.1. The number of hydrogen-bond acceptors (Lipinski definition) is 9. The van der Waals surface area contributed by atoms with E-state index in [1.165, 1.54) is 0 Å². The number of methoxy groups -OCH3 is 1. The zero-order chi connectivity index (χ0) is 25.8. The van der Waals surface area contributed by atoms with Crippen molar-refractivity contribution >= 4 is 34.7 Å². The van der Waals surface area contributed by atoms with Crippen molar-refractivity contribution in [2.75, 3.05) is 61.6 Å². The second kappa shape index (κ2) is 11.2. The first-order chi connectivity index (χ1) is 18.1. The van der Waals surface area contributed by atoms with Crippen molar-refractivity contribution in [3.8, 4) is 17.0 Å². The van der Waals surface area contributed by atoms with Crippen LogP contribution in [0.15, 0.2) is 48.9 Å². The fourth-order valence-corrected chi connectivity index (χ4v) is 4.74. The number of aliphatic hydroxyl groups excluding tert-OH is 2. The van der Waals surface area contributed by atoms with E-state index >= 15 is 0 Å².